The van der Waals surface area contributed by atoms with E-state index in [0.29, 0.717) is 5.56 Å². The SMILES string of the molecule is O=C(O)c1cn2cccc(CP(=O)(O)O)c2n1. The van der Waals surface area contributed by atoms with Crippen LogP contribution in [0.5, 0.6) is 0 Å². The van der Waals surface area contributed by atoms with Crippen molar-refractivity contribution in [2.24, 2.45) is 0 Å². The Morgan fingerprint density at radius 1 is 1.47 bits per heavy atom. The van der Waals surface area contributed by atoms with E-state index in [1.165, 1.54) is 16.7 Å². The molecule has 0 unspecified atom stereocenters. The molecule has 0 amide bonds. The summed E-state index contributed by atoms with van der Waals surface area (Å²) < 4.78 is 12.4. The van der Waals surface area contributed by atoms with Crippen molar-refractivity contribution in [3.8, 4) is 0 Å². The average Bonchev–Trinajstić information content (AvgIpc) is 2.60. The summed E-state index contributed by atoms with van der Waals surface area (Å²) in [6.45, 7) is 0. The van der Waals surface area contributed by atoms with Crippen molar-refractivity contribution in [1.29, 1.82) is 0 Å². The molecule has 0 radical (unpaired) electrons. The Labute approximate surface area is 95.5 Å². The van der Waals surface area contributed by atoms with Crippen LogP contribution in [0.1, 0.15) is 16.1 Å². The molecular formula is C9H9N2O5P. The quantitative estimate of drug-likeness (QED) is 0.697. The number of aromatic nitrogens is 2. The zero-order valence-electron chi connectivity index (χ0n) is 8.52. The zero-order valence-corrected chi connectivity index (χ0v) is 9.41. The first-order valence-electron chi connectivity index (χ1n) is 4.61. The average molecular weight is 256 g/mol. The number of imidazole rings is 1. The van der Waals surface area contributed by atoms with Crippen LogP contribution in [0.15, 0.2) is 24.5 Å². The van der Waals surface area contributed by atoms with Crippen molar-refractivity contribution in [2.75, 3.05) is 0 Å². The van der Waals surface area contributed by atoms with Crippen LogP contribution in [0, 0.1) is 0 Å². The summed E-state index contributed by atoms with van der Waals surface area (Å²) in [5.74, 6) is -1.18. The standard InChI is InChI=1S/C9H9N2O5P/c12-9(13)7-4-11-3-1-2-6(8(11)10-7)5-17(14,15)16/h1-4H,5H2,(H,12,13)(H2,14,15,16). The molecule has 0 fully saturated rings. The molecule has 2 aromatic heterocycles. The van der Waals surface area contributed by atoms with E-state index in [9.17, 15) is 9.36 Å². The normalized spacial score (nSPS) is 11.9. The van der Waals surface area contributed by atoms with Crippen molar-refractivity contribution in [3.05, 3.63) is 35.8 Å². The molecular weight excluding hydrogens is 247 g/mol. The Balaban J connectivity index is 2.57. The summed E-state index contributed by atoms with van der Waals surface area (Å²) >= 11 is 0. The van der Waals surface area contributed by atoms with E-state index in [4.69, 9.17) is 14.9 Å². The van der Waals surface area contributed by atoms with Crippen LogP contribution in [0.3, 0.4) is 0 Å². The molecule has 0 spiro atoms. The van der Waals surface area contributed by atoms with E-state index in [1.807, 2.05) is 0 Å². The van der Waals surface area contributed by atoms with Gasteiger partial charge in [-0.3, -0.25) is 4.57 Å². The highest BCUT2D eigenvalue weighted by atomic mass is 31.2. The number of carbonyl (C=O) groups is 1. The van der Waals surface area contributed by atoms with Crippen molar-refractivity contribution in [3.63, 3.8) is 0 Å². The maximum Gasteiger partial charge on any atom is 0.356 e. The predicted octanol–water partition coefficient (Wildman–Crippen LogP) is 0.710. The molecule has 0 saturated carbocycles. The molecule has 2 aromatic rings. The van der Waals surface area contributed by atoms with Crippen molar-refractivity contribution in [2.45, 2.75) is 6.16 Å². The second-order valence-electron chi connectivity index (χ2n) is 3.52. The first kappa shape index (κ1) is 11.8. The molecule has 0 aliphatic rings. The number of nitrogens with zero attached hydrogens (tertiary/aromatic N) is 2. The predicted molar refractivity (Wildman–Crippen MR) is 57.9 cm³/mol. The first-order valence-corrected chi connectivity index (χ1v) is 6.41. The van der Waals surface area contributed by atoms with E-state index < -0.39 is 19.7 Å². The third-order valence-corrected chi connectivity index (χ3v) is 2.91. The number of carboxylic acid groups (broad SMARTS) is 1. The maximum absolute atomic E-state index is 10.9. The monoisotopic (exact) mass is 256 g/mol. The highest BCUT2D eigenvalue weighted by molar-refractivity contribution is 7.50. The summed E-state index contributed by atoms with van der Waals surface area (Å²) in [6, 6.07) is 3.08. The van der Waals surface area contributed by atoms with Crippen LogP contribution in [0.2, 0.25) is 0 Å². The molecule has 2 rings (SSSR count). The van der Waals surface area contributed by atoms with E-state index in [0.717, 1.165) is 0 Å². The van der Waals surface area contributed by atoms with Gasteiger partial charge in [0.25, 0.3) is 0 Å². The van der Waals surface area contributed by atoms with Gasteiger partial charge in [-0.25, -0.2) is 9.78 Å². The van der Waals surface area contributed by atoms with Crippen LogP contribution in [0.4, 0.5) is 0 Å². The molecule has 3 N–H and O–H groups in total. The van der Waals surface area contributed by atoms with E-state index in [-0.39, 0.29) is 11.3 Å². The molecule has 90 valence electrons. The van der Waals surface area contributed by atoms with Gasteiger partial charge in [-0.1, -0.05) is 6.07 Å². The molecule has 0 aliphatic carbocycles. The Morgan fingerprint density at radius 3 is 2.76 bits per heavy atom. The van der Waals surface area contributed by atoms with Gasteiger partial charge in [-0.15, -0.1) is 0 Å². The van der Waals surface area contributed by atoms with Crippen molar-refractivity contribution < 1.29 is 24.3 Å². The number of hydrogen-bond donors (Lipinski definition) is 3. The Morgan fingerprint density at radius 2 is 2.18 bits per heavy atom. The van der Waals surface area contributed by atoms with Crippen LogP contribution in [-0.2, 0) is 10.7 Å². The van der Waals surface area contributed by atoms with Gasteiger partial charge in [0.2, 0.25) is 0 Å². The lowest BCUT2D eigenvalue weighted by Crippen LogP contribution is -1.95. The van der Waals surface area contributed by atoms with Gasteiger partial charge in [-0.05, 0) is 6.07 Å². The van der Waals surface area contributed by atoms with Gasteiger partial charge in [0, 0.05) is 18.0 Å². The molecule has 0 bridgehead atoms. The number of carboxylic acids is 1. The number of rotatable bonds is 3. The van der Waals surface area contributed by atoms with Gasteiger partial charge in [-0.2, -0.15) is 0 Å². The van der Waals surface area contributed by atoms with Gasteiger partial charge >= 0.3 is 13.6 Å². The molecule has 7 nitrogen and oxygen atoms in total. The molecule has 0 aliphatic heterocycles. The molecule has 0 atom stereocenters. The lowest BCUT2D eigenvalue weighted by Gasteiger charge is -2.04. The van der Waals surface area contributed by atoms with E-state index >= 15 is 0 Å². The second kappa shape index (κ2) is 3.96. The number of fused-ring (bicyclic) bond motifs is 1. The van der Waals surface area contributed by atoms with Gasteiger partial charge in [0.1, 0.15) is 5.65 Å². The van der Waals surface area contributed by atoms with Crippen LogP contribution >= 0.6 is 7.60 Å². The zero-order chi connectivity index (χ0) is 12.6. The largest absolute Gasteiger partial charge is 0.476 e. The summed E-state index contributed by atoms with van der Waals surface area (Å²) in [5.41, 5.74) is 0.393. The highest BCUT2D eigenvalue weighted by Gasteiger charge is 2.18. The van der Waals surface area contributed by atoms with E-state index in [1.54, 1.807) is 12.3 Å². The maximum atomic E-state index is 10.9. The first-order chi connectivity index (χ1) is 7.87. The minimum atomic E-state index is -4.21. The van der Waals surface area contributed by atoms with Gasteiger partial charge in [0.15, 0.2) is 5.69 Å². The lowest BCUT2D eigenvalue weighted by atomic mass is 10.3. The third-order valence-electron chi connectivity index (χ3n) is 2.16. The highest BCUT2D eigenvalue weighted by Crippen LogP contribution is 2.39. The van der Waals surface area contributed by atoms with Gasteiger partial charge in [0.05, 0.1) is 6.16 Å². The summed E-state index contributed by atoms with van der Waals surface area (Å²) in [5, 5.41) is 8.78. The van der Waals surface area contributed by atoms with Crippen molar-refractivity contribution in [1.82, 2.24) is 9.38 Å². The van der Waals surface area contributed by atoms with Gasteiger partial charge < -0.3 is 19.3 Å². The molecule has 8 heteroatoms. The lowest BCUT2D eigenvalue weighted by molar-refractivity contribution is 0.0691. The Kier molecular flexibility index (Phi) is 2.74. The fourth-order valence-corrected chi connectivity index (χ4v) is 2.21. The number of aromatic carboxylic acids is 1. The summed E-state index contributed by atoms with van der Waals surface area (Å²) in [4.78, 5) is 32.4. The topological polar surface area (TPSA) is 112 Å². The van der Waals surface area contributed by atoms with Crippen LogP contribution in [0.25, 0.3) is 5.65 Å². The molecule has 2 heterocycles. The minimum Gasteiger partial charge on any atom is -0.476 e. The fourth-order valence-electron chi connectivity index (χ4n) is 1.52. The summed E-state index contributed by atoms with van der Waals surface area (Å²) in [7, 11) is -4.21. The summed E-state index contributed by atoms with van der Waals surface area (Å²) in [6.07, 6.45) is 2.40. The number of hydrogen-bond acceptors (Lipinski definition) is 3. The fraction of sp³-hybridized carbons (Fsp3) is 0.111. The molecule has 0 aromatic carbocycles. The van der Waals surface area contributed by atoms with E-state index in [2.05, 4.69) is 4.98 Å². The number of pyridine rings is 1. The minimum absolute atomic E-state index is 0.164. The van der Waals surface area contributed by atoms with Crippen LogP contribution < -0.4 is 0 Å². The van der Waals surface area contributed by atoms with Crippen molar-refractivity contribution >= 4 is 19.2 Å². The van der Waals surface area contributed by atoms with Crippen LogP contribution in [-0.4, -0.2) is 30.2 Å². The smallest absolute Gasteiger partial charge is 0.356 e. The molecule has 17 heavy (non-hydrogen) atoms. The Bertz CT molecular complexity index is 629. The molecule has 0 saturated heterocycles. The third kappa shape index (κ3) is 2.52. The second-order valence-corrected chi connectivity index (χ2v) is 5.16. The Hall–Kier alpha value is -1.69.